The van der Waals surface area contributed by atoms with Gasteiger partial charge < -0.3 is 9.80 Å². The summed E-state index contributed by atoms with van der Waals surface area (Å²) >= 11 is 3.70. The van der Waals surface area contributed by atoms with Crippen molar-refractivity contribution in [1.29, 1.82) is 0 Å². The first-order chi connectivity index (χ1) is 11.3. The van der Waals surface area contributed by atoms with Crippen LogP contribution in [0.15, 0.2) is 12.4 Å². The van der Waals surface area contributed by atoms with Gasteiger partial charge in [0.25, 0.3) is 0 Å². The highest BCUT2D eigenvalue weighted by atomic mass is 79.9. The van der Waals surface area contributed by atoms with Gasteiger partial charge in [0.1, 0.15) is 0 Å². The molecule has 0 saturated carbocycles. The molecule has 1 heterocycles. The first-order valence-corrected chi connectivity index (χ1v) is 11.0. The van der Waals surface area contributed by atoms with Gasteiger partial charge in [-0.25, -0.2) is 0 Å². The highest BCUT2D eigenvalue weighted by Crippen LogP contribution is 2.20. The Morgan fingerprint density at radius 2 is 1.13 bits per heavy atom. The third kappa shape index (κ3) is 10.3. The predicted molar refractivity (Wildman–Crippen MR) is 107 cm³/mol. The predicted octanol–water partition coefficient (Wildman–Crippen LogP) is 6.86. The zero-order valence-corrected chi connectivity index (χ0v) is 17.2. The second-order valence-corrected chi connectivity index (χ2v) is 7.93. The Kier molecular flexibility index (Phi) is 12.9. The topological polar surface area (TPSA) is 6.48 Å². The van der Waals surface area contributed by atoms with E-state index in [1.807, 2.05) is 0 Å². The summed E-state index contributed by atoms with van der Waals surface area (Å²) in [7, 11) is 2.11. The van der Waals surface area contributed by atoms with Gasteiger partial charge in [0.05, 0.1) is 0 Å². The molecule has 0 bridgehead atoms. The fourth-order valence-corrected chi connectivity index (χ4v) is 3.71. The number of rotatable bonds is 15. The molecule has 0 aromatic rings. The van der Waals surface area contributed by atoms with E-state index in [1.165, 1.54) is 96.4 Å². The lowest BCUT2D eigenvalue weighted by atomic mass is 10.0. The highest BCUT2D eigenvalue weighted by Gasteiger charge is 2.18. The van der Waals surface area contributed by atoms with Crippen LogP contribution in [0.2, 0.25) is 0 Å². The van der Waals surface area contributed by atoms with Crippen LogP contribution in [0.4, 0.5) is 0 Å². The second kappa shape index (κ2) is 14.2. The molecule has 136 valence electrons. The quantitative estimate of drug-likeness (QED) is 0.172. The van der Waals surface area contributed by atoms with Crippen LogP contribution in [-0.2, 0) is 0 Å². The van der Waals surface area contributed by atoms with E-state index < -0.39 is 0 Å². The molecule has 0 aromatic heterocycles. The van der Waals surface area contributed by atoms with E-state index in [-0.39, 0.29) is 0 Å². The Hall–Kier alpha value is -0.180. The van der Waals surface area contributed by atoms with Gasteiger partial charge in [0.15, 0.2) is 5.08 Å². The van der Waals surface area contributed by atoms with Crippen molar-refractivity contribution in [3.8, 4) is 0 Å². The second-order valence-electron chi connectivity index (χ2n) is 7.11. The van der Waals surface area contributed by atoms with Crippen molar-refractivity contribution in [2.75, 3.05) is 13.6 Å². The summed E-state index contributed by atoms with van der Waals surface area (Å²) in [5.74, 6) is 0. The van der Waals surface area contributed by atoms with Crippen molar-refractivity contribution >= 4 is 15.9 Å². The van der Waals surface area contributed by atoms with Crippen molar-refractivity contribution in [2.45, 2.75) is 102 Å². The first-order valence-electron chi connectivity index (χ1n) is 10.1. The normalized spacial score (nSPS) is 17.4. The zero-order valence-electron chi connectivity index (χ0n) is 15.6. The Bertz CT molecular complexity index is 293. The minimum atomic E-state index is 0.365. The molecule has 1 aliphatic heterocycles. The van der Waals surface area contributed by atoms with Gasteiger partial charge in [-0.05, 0) is 22.4 Å². The van der Waals surface area contributed by atoms with E-state index in [9.17, 15) is 0 Å². The fourth-order valence-electron chi connectivity index (χ4n) is 3.24. The number of alkyl halides is 1. The van der Waals surface area contributed by atoms with E-state index in [0.29, 0.717) is 5.08 Å². The Morgan fingerprint density at radius 1 is 0.696 bits per heavy atom. The van der Waals surface area contributed by atoms with E-state index in [1.54, 1.807) is 0 Å². The molecule has 3 heteroatoms. The van der Waals surface area contributed by atoms with Gasteiger partial charge in [-0.15, -0.1) is 0 Å². The molecular formula is C20H39BrN2. The van der Waals surface area contributed by atoms with Gasteiger partial charge >= 0.3 is 0 Å². The fraction of sp³-hybridized carbons (Fsp3) is 0.900. The average molecular weight is 387 g/mol. The van der Waals surface area contributed by atoms with E-state index in [2.05, 4.69) is 52.1 Å². The Balaban J connectivity index is 1.74. The molecule has 0 N–H and O–H groups in total. The monoisotopic (exact) mass is 386 g/mol. The van der Waals surface area contributed by atoms with Crippen LogP contribution in [-0.4, -0.2) is 28.5 Å². The van der Waals surface area contributed by atoms with Gasteiger partial charge in [-0.1, -0.05) is 90.4 Å². The Labute approximate surface area is 153 Å². The molecule has 0 aliphatic carbocycles. The molecule has 1 aliphatic rings. The molecule has 0 aromatic carbocycles. The van der Waals surface area contributed by atoms with Crippen LogP contribution in [0.5, 0.6) is 0 Å². The van der Waals surface area contributed by atoms with Crippen LogP contribution in [0.3, 0.4) is 0 Å². The molecule has 0 saturated heterocycles. The van der Waals surface area contributed by atoms with Gasteiger partial charge in [0, 0.05) is 26.0 Å². The molecule has 0 amide bonds. The van der Waals surface area contributed by atoms with Crippen molar-refractivity contribution in [3.63, 3.8) is 0 Å². The van der Waals surface area contributed by atoms with Crippen molar-refractivity contribution in [3.05, 3.63) is 12.4 Å². The molecular weight excluding hydrogens is 348 g/mol. The molecule has 0 spiro atoms. The van der Waals surface area contributed by atoms with Crippen LogP contribution in [0.25, 0.3) is 0 Å². The Morgan fingerprint density at radius 3 is 1.52 bits per heavy atom. The average Bonchev–Trinajstić information content (AvgIpc) is 2.87. The minimum Gasteiger partial charge on any atom is -0.350 e. The SMILES string of the molecule is CCCCCCCCCCCCCCCCN1C=CN(C)C1Br. The molecule has 0 fully saturated rings. The lowest BCUT2D eigenvalue weighted by Gasteiger charge is -2.25. The summed E-state index contributed by atoms with van der Waals surface area (Å²) in [6.07, 6.45) is 24.4. The van der Waals surface area contributed by atoms with E-state index in [0.717, 1.165) is 0 Å². The summed E-state index contributed by atoms with van der Waals surface area (Å²) in [6.45, 7) is 3.47. The summed E-state index contributed by atoms with van der Waals surface area (Å²) < 4.78 is 0. The molecule has 2 nitrogen and oxygen atoms in total. The zero-order chi connectivity index (χ0) is 16.8. The first kappa shape index (κ1) is 20.9. The number of hydrogen-bond acceptors (Lipinski definition) is 2. The van der Waals surface area contributed by atoms with Crippen LogP contribution in [0, 0.1) is 0 Å². The highest BCUT2D eigenvalue weighted by molar-refractivity contribution is 9.09. The summed E-state index contributed by atoms with van der Waals surface area (Å²) in [4.78, 5) is 4.57. The molecule has 1 unspecified atom stereocenters. The largest absolute Gasteiger partial charge is 0.350 e. The smallest absolute Gasteiger partial charge is 0.158 e. The molecule has 0 radical (unpaired) electrons. The van der Waals surface area contributed by atoms with Gasteiger partial charge in [-0.2, -0.15) is 0 Å². The van der Waals surface area contributed by atoms with Crippen molar-refractivity contribution in [1.82, 2.24) is 9.80 Å². The van der Waals surface area contributed by atoms with E-state index in [4.69, 9.17) is 0 Å². The van der Waals surface area contributed by atoms with Crippen LogP contribution < -0.4 is 0 Å². The lowest BCUT2D eigenvalue weighted by molar-refractivity contribution is 0.264. The van der Waals surface area contributed by atoms with Crippen LogP contribution in [0.1, 0.15) is 96.8 Å². The summed E-state index contributed by atoms with van der Waals surface area (Å²) in [5, 5.41) is 0.365. The maximum absolute atomic E-state index is 3.70. The molecule has 1 rings (SSSR count). The maximum Gasteiger partial charge on any atom is 0.158 e. The van der Waals surface area contributed by atoms with E-state index >= 15 is 0 Å². The molecule has 23 heavy (non-hydrogen) atoms. The van der Waals surface area contributed by atoms with Gasteiger partial charge in [-0.3, -0.25) is 0 Å². The molecule has 1 atom stereocenters. The number of hydrogen-bond donors (Lipinski definition) is 0. The van der Waals surface area contributed by atoms with Crippen molar-refractivity contribution < 1.29 is 0 Å². The number of halogens is 1. The number of nitrogens with zero attached hydrogens (tertiary/aromatic N) is 2. The van der Waals surface area contributed by atoms with Gasteiger partial charge in [0.2, 0.25) is 0 Å². The van der Waals surface area contributed by atoms with Crippen LogP contribution >= 0.6 is 15.9 Å². The third-order valence-electron chi connectivity index (χ3n) is 4.87. The summed E-state index contributed by atoms with van der Waals surface area (Å²) in [6, 6.07) is 0. The minimum absolute atomic E-state index is 0.365. The standard InChI is InChI=1S/C20H39BrN2/c1-3-4-5-6-7-8-9-10-11-12-13-14-15-16-17-23-19-18-22(2)20(23)21/h18-20H,3-17H2,1-2H3. The number of unbranched alkanes of at least 4 members (excludes halogenated alkanes) is 13. The summed E-state index contributed by atoms with van der Waals surface area (Å²) in [5.41, 5.74) is 0. The third-order valence-corrected chi connectivity index (χ3v) is 6.04. The maximum atomic E-state index is 3.70. The van der Waals surface area contributed by atoms with Crippen molar-refractivity contribution in [2.24, 2.45) is 0 Å². The lowest BCUT2D eigenvalue weighted by Crippen LogP contribution is -2.31.